The number of aliphatic hydroxyl groups excluding tert-OH is 2. The number of rotatable bonds is 37. The van der Waals surface area contributed by atoms with Gasteiger partial charge in [0.25, 0.3) is 0 Å². The van der Waals surface area contributed by atoms with Crippen molar-refractivity contribution in [3.63, 3.8) is 0 Å². The largest absolute Gasteiger partial charge is 0.420 e. The van der Waals surface area contributed by atoms with Crippen molar-refractivity contribution in [1.82, 2.24) is 34.7 Å². The van der Waals surface area contributed by atoms with E-state index in [2.05, 4.69) is 35.0 Å². The van der Waals surface area contributed by atoms with Gasteiger partial charge in [-0.2, -0.15) is 15.1 Å². The molecule has 3 fully saturated rings. The number of fused-ring (bicyclic) bond motifs is 3. The van der Waals surface area contributed by atoms with E-state index in [1.807, 2.05) is 0 Å². The third-order valence-corrected chi connectivity index (χ3v) is 12.7. The molecule has 1 aromatic carbocycles. The standard InChI is InChI=1S/C45H63ClF3N8O18P/c46-45-51-42(32-23-50-57(43(32)52-45)44-39(60)38(59)36(74-44)27-72-28-76(61,62)63)56-24-29-1-2-35(56)40(29)73-20-19-70-16-15-68-13-14-69-17-18-71-26-31-25-55(54-53-31)4-6-65-8-10-67-12-11-66-9-7-64-5-3-37(58)75-41-33(48)21-30(47)22-34(41)49/h21-23,25,29,35-36,38-40,44,59-60H,1-20,24,26-28H2,(H2,61,62,63)/t29-,35?,36-,38-,39-,40-,44-/m1/s1. The number of ether oxygens (including phenoxy) is 12. The maximum Gasteiger partial charge on any atom is 0.350 e. The Hall–Kier alpha value is -4.11. The molecular formula is C45H63ClF3N8O18P. The number of benzene rings is 1. The molecule has 2 saturated heterocycles. The molecule has 0 amide bonds. The zero-order valence-electron chi connectivity index (χ0n) is 41.4. The molecule has 26 nitrogen and oxygen atoms in total. The van der Waals surface area contributed by atoms with Gasteiger partial charge in [-0.25, -0.2) is 22.5 Å². The summed E-state index contributed by atoms with van der Waals surface area (Å²) in [5, 5.41) is 34.5. The topological polar surface area (TPSA) is 303 Å². The molecule has 0 radical (unpaired) electrons. The molecule has 424 valence electrons. The maximum absolute atomic E-state index is 13.6. The van der Waals surface area contributed by atoms with Crippen LogP contribution in [0, 0.1) is 23.4 Å². The van der Waals surface area contributed by atoms with Crippen molar-refractivity contribution in [2.45, 2.75) is 69.1 Å². The Morgan fingerprint density at radius 2 is 1.38 bits per heavy atom. The molecule has 7 atom stereocenters. The smallest absolute Gasteiger partial charge is 0.350 e. The predicted molar refractivity (Wildman–Crippen MR) is 255 cm³/mol. The molecule has 31 heteroatoms. The van der Waals surface area contributed by atoms with Crippen molar-refractivity contribution in [2.75, 3.05) is 130 Å². The number of nitrogens with zero attached hydrogens (tertiary/aromatic N) is 8. The lowest BCUT2D eigenvalue weighted by atomic mass is 10.1. The van der Waals surface area contributed by atoms with Crippen molar-refractivity contribution in [3.8, 4) is 5.75 Å². The Morgan fingerprint density at radius 3 is 2.03 bits per heavy atom. The van der Waals surface area contributed by atoms with E-state index < -0.39 is 67.7 Å². The second-order valence-electron chi connectivity index (χ2n) is 17.5. The van der Waals surface area contributed by atoms with E-state index >= 15 is 0 Å². The van der Waals surface area contributed by atoms with Gasteiger partial charge >= 0.3 is 13.6 Å². The zero-order valence-corrected chi connectivity index (χ0v) is 43.0. The summed E-state index contributed by atoms with van der Waals surface area (Å²) in [6, 6.07) is 0.854. The molecule has 2 aliphatic heterocycles. The van der Waals surface area contributed by atoms with E-state index in [1.165, 1.54) is 4.68 Å². The summed E-state index contributed by atoms with van der Waals surface area (Å²) in [5.41, 5.74) is 0.945. The van der Waals surface area contributed by atoms with Gasteiger partial charge < -0.3 is 81.7 Å². The minimum absolute atomic E-state index is 0.0188. The third-order valence-electron chi connectivity index (χ3n) is 12.0. The number of hydrogen-bond acceptors (Lipinski definition) is 22. The molecule has 0 spiro atoms. The summed E-state index contributed by atoms with van der Waals surface area (Å²) < 4.78 is 120. The molecule has 4 aromatic rings. The first-order valence-electron chi connectivity index (χ1n) is 24.5. The summed E-state index contributed by atoms with van der Waals surface area (Å²) in [6.07, 6.45) is -1.12. The summed E-state index contributed by atoms with van der Waals surface area (Å²) in [6.45, 7) is 6.32. The van der Waals surface area contributed by atoms with Gasteiger partial charge in [0.1, 0.15) is 42.0 Å². The summed E-state index contributed by atoms with van der Waals surface area (Å²) in [4.78, 5) is 41.0. The zero-order chi connectivity index (χ0) is 53.9. The first kappa shape index (κ1) is 59.5. The summed E-state index contributed by atoms with van der Waals surface area (Å²) in [7, 11) is -4.44. The number of aromatic nitrogens is 7. The van der Waals surface area contributed by atoms with Gasteiger partial charge in [0, 0.05) is 24.6 Å². The normalized spacial score (nSPS) is 21.5. The number of carbonyl (C=O) groups is 1. The number of esters is 1. The lowest BCUT2D eigenvalue weighted by molar-refractivity contribution is -0.136. The van der Waals surface area contributed by atoms with Crippen LogP contribution >= 0.6 is 19.2 Å². The van der Waals surface area contributed by atoms with Crippen LogP contribution in [0.3, 0.4) is 0 Å². The van der Waals surface area contributed by atoms with Crippen LogP contribution in [0.15, 0.2) is 24.5 Å². The van der Waals surface area contributed by atoms with Crippen LogP contribution in [0.25, 0.3) is 11.0 Å². The first-order chi connectivity index (χ1) is 36.8. The van der Waals surface area contributed by atoms with Gasteiger partial charge in [0.05, 0.1) is 162 Å². The van der Waals surface area contributed by atoms with Gasteiger partial charge in [-0.15, -0.1) is 5.10 Å². The Morgan fingerprint density at radius 1 is 0.776 bits per heavy atom. The minimum atomic E-state index is -4.44. The highest BCUT2D eigenvalue weighted by molar-refractivity contribution is 7.51. The second-order valence-corrected chi connectivity index (χ2v) is 19.4. The van der Waals surface area contributed by atoms with E-state index in [9.17, 15) is 32.7 Å². The van der Waals surface area contributed by atoms with E-state index in [-0.39, 0.29) is 68.4 Å². The van der Waals surface area contributed by atoms with Crippen LogP contribution in [0.2, 0.25) is 5.28 Å². The van der Waals surface area contributed by atoms with Gasteiger partial charge in [-0.05, 0) is 24.4 Å². The number of anilines is 1. The summed E-state index contributed by atoms with van der Waals surface area (Å²) in [5.74, 6) is -4.82. The minimum Gasteiger partial charge on any atom is -0.420 e. The van der Waals surface area contributed by atoms with Crippen LogP contribution in [0.5, 0.6) is 5.75 Å². The molecule has 1 unspecified atom stereocenters. The van der Waals surface area contributed by atoms with E-state index in [4.69, 9.17) is 73.5 Å². The third kappa shape index (κ3) is 18.0. The number of piperidine rings is 1. The van der Waals surface area contributed by atoms with Gasteiger partial charge in [0.15, 0.2) is 23.5 Å². The molecule has 3 aliphatic rings. The van der Waals surface area contributed by atoms with Crippen LogP contribution in [-0.2, 0) is 74.6 Å². The molecule has 2 bridgehead atoms. The van der Waals surface area contributed by atoms with Crippen molar-refractivity contribution < 1.29 is 99.4 Å². The Bertz CT molecular complexity index is 2450. The number of carbonyl (C=O) groups excluding carboxylic acids is 1. The van der Waals surface area contributed by atoms with E-state index in [0.29, 0.717) is 128 Å². The fourth-order valence-corrected chi connectivity index (χ4v) is 9.05. The first-order valence-corrected chi connectivity index (χ1v) is 26.7. The average molecular weight is 1130 g/mol. The van der Waals surface area contributed by atoms with Crippen LogP contribution in [0.1, 0.15) is 31.2 Å². The lowest BCUT2D eigenvalue weighted by Crippen LogP contribution is -2.36. The second kappa shape index (κ2) is 30.3. The van der Waals surface area contributed by atoms with E-state index in [0.717, 1.165) is 12.8 Å². The van der Waals surface area contributed by atoms with Crippen molar-refractivity contribution in [1.29, 1.82) is 0 Å². The number of halogens is 4. The van der Waals surface area contributed by atoms with E-state index in [1.54, 1.807) is 17.1 Å². The highest BCUT2D eigenvalue weighted by Gasteiger charge is 2.49. The Labute approximate surface area is 438 Å². The fourth-order valence-electron chi connectivity index (χ4n) is 8.54. The molecule has 4 N–H and O–H groups in total. The highest BCUT2D eigenvalue weighted by Crippen LogP contribution is 2.44. The predicted octanol–water partition coefficient (Wildman–Crippen LogP) is 1.57. The highest BCUT2D eigenvalue weighted by atomic mass is 35.5. The van der Waals surface area contributed by atoms with Crippen molar-refractivity contribution in [2.24, 2.45) is 5.92 Å². The SMILES string of the molecule is O=C(CCOCCOCCOCCOCCn1cc(COCCOCCOCCOCCO[C@H]2C3CC[C@@H]2CN3c2nc(Cl)nc3c2cnn3[C@@H]2O[C@H](COCP(=O)(O)O)[C@@H](O)[C@H]2O)nn1)Oc1c(F)cc(F)cc1F. The Kier molecular flexibility index (Phi) is 23.7. The monoisotopic (exact) mass is 1130 g/mol. The van der Waals surface area contributed by atoms with Crippen LogP contribution in [-0.4, -0.2) is 216 Å². The molecule has 5 heterocycles. The van der Waals surface area contributed by atoms with Gasteiger partial charge in [0.2, 0.25) is 11.0 Å². The lowest BCUT2D eigenvalue weighted by Gasteiger charge is -2.29. The number of aliphatic hydroxyl groups is 2. The van der Waals surface area contributed by atoms with Gasteiger partial charge in [-0.3, -0.25) is 9.36 Å². The quantitative estimate of drug-likeness (QED) is 0.0164. The molecule has 1 saturated carbocycles. The molecule has 7 rings (SSSR count). The molecule has 76 heavy (non-hydrogen) atoms. The average Bonchev–Trinajstić information content (AvgIpc) is 4.25. The molecular weight excluding hydrogens is 1060 g/mol. The number of hydrogen-bond donors (Lipinski definition) is 4. The van der Waals surface area contributed by atoms with Crippen LogP contribution in [0.4, 0.5) is 19.0 Å². The maximum atomic E-state index is 13.6. The van der Waals surface area contributed by atoms with Crippen molar-refractivity contribution in [3.05, 3.63) is 53.0 Å². The fraction of sp³-hybridized carbons (Fsp3) is 0.689. The summed E-state index contributed by atoms with van der Waals surface area (Å²) >= 11 is 6.42. The Balaban J connectivity index is 0.641. The van der Waals surface area contributed by atoms with Crippen LogP contribution < -0.4 is 9.64 Å². The van der Waals surface area contributed by atoms with Crippen molar-refractivity contribution >= 4 is 42.0 Å². The molecule has 3 aromatic heterocycles. The van der Waals surface area contributed by atoms with Gasteiger partial charge in [-0.1, -0.05) is 5.21 Å². The molecule has 1 aliphatic carbocycles.